The molecule has 0 radical (unpaired) electrons. The predicted molar refractivity (Wildman–Crippen MR) is 108 cm³/mol. The number of nitrogens with zero attached hydrogens (tertiary/aromatic N) is 2. The first-order valence-electron chi connectivity index (χ1n) is 8.84. The van der Waals surface area contributed by atoms with E-state index in [1.807, 2.05) is 48.5 Å². The van der Waals surface area contributed by atoms with Crippen molar-refractivity contribution in [3.8, 4) is 12.1 Å². The summed E-state index contributed by atoms with van der Waals surface area (Å²) in [6.45, 7) is 12.9. The first kappa shape index (κ1) is 19.5. The average molecular weight is 342 g/mol. The summed E-state index contributed by atoms with van der Waals surface area (Å²) in [5.74, 6) is 0. The third-order valence-electron chi connectivity index (χ3n) is 4.55. The molecule has 0 fully saturated rings. The lowest BCUT2D eigenvalue weighted by Gasteiger charge is -2.19. The molecule has 0 unspecified atom stereocenters. The van der Waals surface area contributed by atoms with Gasteiger partial charge in [-0.15, -0.1) is 0 Å². The maximum Gasteiger partial charge on any atom is 0.101 e. The number of hydrogen-bond acceptors (Lipinski definition) is 2. The third-order valence-corrected chi connectivity index (χ3v) is 4.55. The van der Waals surface area contributed by atoms with Gasteiger partial charge in [-0.2, -0.15) is 10.5 Å². The first-order valence-corrected chi connectivity index (χ1v) is 8.84. The van der Waals surface area contributed by atoms with Crippen LogP contribution in [0.5, 0.6) is 0 Å². The minimum absolute atomic E-state index is 0.0515. The molecule has 2 nitrogen and oxygen atoms in total. The molecule has 0 saturated carbocycles. The van der Waals surface area contributed by atoms with Gasteiger partial charge >= 0.3 is 0 Å². The summed E-state index contributed by atoms with van der Waals surface area (Å²) >= 11 is 0. The van der Waals surface area contributed by atoms with Gasteiger partial charge in [-0.25, -0.2) is 0 Å². The van der Waals surface area contributed by atoms with Crippen molar-refractivity contribution in [2.24, 2.45) is 0 Å². The molecule has 2 heteroatoms. The summed E-state index contributed by atoms with van der Waals surface area (Å²) in [6, 6.07) is 20.3. The van der Waals surface area contributed by atoms with Gasteiger partial charge in [-0.3, -0.25) is 0 Å². The zero-order valence-corrected chi connectivity index (χ0v) is 16.5. The highest BCUT2D eigenvalue weighted by atomic mass is 14.3. The lowest BCUT2D eigenvalue weighted by atomic mass is 9.85. The fourth-order valence-electron chi connectivity index (χ4n) is 2.80. The molecule has 2 aromatic carbocycles. The zero-order chi connectivity index (χ0) is 19.5. The van der Waals surface area contributed by atoms with Crippen molar-refractivity contribution in [1.29, 1.82) is 10.5 Å². The van der Waals surface area contributed by atoms with E-state index >= 15 is 0 Å². The van der Waals surface area contributed by atoms with Gasteiger partial charge in [-0.05, 0) is 33.1 Å². The van der Waals surface area contributed by atoms with Crippen LogP contribution in [0, 0.1) is 22.7 Å². The highest BCUT2D eigenvalue weighted by molar-refractivity contribution is 6.02. The van der Waals surface area contributed by atoms with E-state index < -0.39 is 0 Å². The average Bonchev–Trinajstić information content (AvgIpc) is 2.58. The Morgan fingerprint density at radius 1 is 0.577 bits per heavy atom. The molecule has 0 N–H and O–H groups in total. The molecule has 2 rings (SSSR count). The molecular formula is C24H26N2. The van der Waals surface area contributed by atoms with Gasteiger partial charge in [0.05, 0.1) is 11.1 Å². The van der Waals surface area contributed by atoms with Gasteiger partial charge in [0.15, 0.2) is 0 Å². The van der Waals surface area contributed by atoms with Crippen molar-refractivity contribution in [2.45, 2.75) is 52.4 Å². The molecule has 132 valence electrons. The van der Waals surface area contributed by atoms with E-state index in [1.165, 1.54) is 11.1 Å². The molecule has 0 aliphatic carbocycles. The van der Waals surface area contributed by atoms with Crippen LogP contribution in [0.3, 0.4) is 0 Å². The summed E-state index contributed by atoms with van der Waals surface area (Å²) in [7, 11) is 0. The number of hydrogen-bond donors (Lipinski definition) is 0. The summed E-state index contributed by atoms with van der Waals surface area (Å²) in [4.78, 5) is 0. The fraction of sp³-hybridized carbons (Fsp3) is 0.333. The van der Waals surface area contributed by atoms with E-state index in [1.54, 1.807) is 0 Å². The van der Waals surface area contributed by atoms with Crippen molar-refractivity contribution in [3.63, 3.8) is 0 Å². The highest BCUT2D eigenvalue weighted by Gasteiger charge is 2.17. The molecule has 0 amide bonds. The lowest BCUT2D eigenvalue weighted by molar-refractivity contribution is 0.590. The molecule has 26 heavy (non-hydrogen) atoms. The van der Waals surface area contributed by atoms with E-state index in [0.717, 1.165) is 11.1 Å². The fourth-order valence-corrected chi connectivity index (χ4v) is 2.80. The summed E-state index contributed by atoms with van der Waals surface area (Å²) < 4.78 is 0. The molecule has 0 heterocycles. The van der Waals surface area contributed by atoms with E-state index in [-0.39, 0.29) is 10.8 Å². The van der Waals surface area contributed by atoms with Crippen molar-refractivity contribution < 1.29 is 0 Å². The standard InChI is InChI=1S/C24H26N2/c1-23(2,3)19-11-7-17(8-12-19)21(15-25)22(16-26)18-9-13-20(14-10-18)24(4,5)6/h7-14H,1-6H3/b22-21-. The van der Waals surface area contributed by atoms with Crippen LogP contribution in [0.15, 0.2) is 48.5 Å². The molecule has 0 bridgehead atoms. The summed E-state index contributed by atoms with van der Waals surface area (Å²) in [6.07, 6.45) is 0. The second-order valence-electron chi connectivity index (χ2n) is 8.63. The summed E-state index contributed by atoms with van der Waals surface area (Å²) in [5, 5.41) is 19.4. The predicted octanol–water partition coefficient (Wildman–Crippen LogP) is 6.24. The van der Waals surface area contributed by atoms with Crippen LogP contribution in [0.4, 0.5) is 0 Å². The number of rotatable bonds is 2. The van der Waals surface area contributed by atoms with Crippen LogP contribution < -0.4 is 0 Å². The van der Waals surface area contributed by atoms with Gasteiger partial charge in [0.2, 0.25) is 0 Å². The van der Waals surface area contributed by atoms with Crippen LogP contribution in [-0.2, 0) is 10.8 Å². The van der Waals surface area contributed by atoms with E-state index in [2.05, 4.69) is 53.7 Å². The molecule has 2 aromatic rings. The zero-order valence-electron chi connectivity index (χ0n) is 16.5. The summed E-state index contributed by atoms with van der Waals surface area (Å²) in [5.41, 5.74) is 4.88. The topological polar surface area (TPSA) is 47.6 Å². The van der Waals surface area contributed by atoms with Crippen LogP contribution in [0.1, 0.15) is 63.8 Å². The van der Waals surface area contributed by atoms with E-state index in [0.29, 0.717) is 11.1 Å². The molecule has 0 aliphatic rings. The second kappa shape index (κ2) is 7.19. The molecule has 0 aliphatic heterocycles. The van der Waals surface area contributed by atoms with Crippen LogP contribution >= 0.6 is 0 Å². The molecule has 0 spiro atoms. The van der Waals surface area contributed by atoms with Crippen molar-refractivity contribution in [3.05, 3.63) is 70.8 Å². The Hall–Kier alpha value is -2.84. The quantitative estimate of drug-likeness (QED) is 0.479. The number of allylic oxidation sites excluding steroid dienone is 2. The molecule has 0 saturated heterocycles. The second-order valence-corrected chi connectivity index (χ2v) is 8.63. The van der Waals surface area contributed by atoms with Gasteiger partial charge in [-0.1, -0.05) is 90.1 Å². The van der Waals surface area contributed by atoms with Gasteiger partial charge in [0.25, 0.3) is 0 Å². The smallest absolute Gasteiger partial charge is 0.101 e. The number of benzene rings is 2. The Morgan fingerprint density at radius 3 is 1.04 bits per heavy atom. The number of nitriles is 2. The minimum Gasteiger partial charge on any atom is -0.192 e. The van der Waals surface area contributed by atoms with Crippen molar-refractivity contribution in [2.75, 3.05) is 0 Å². The minimum atomic E-state index is 0.0515. The van der Waals surface area contributed by atoms with E-state index in [9.17, 15) is 10.5 Å². The highest BCUT2D eigenvalue weighted by Crippen LogP contribution is 2.30. The van der Waals surface area contributed by atoms with Crippen molar-refractivity contribution in [1.82, 2.24) is 0 Å². The first-order chi connectivity index (χ1) is 12.1. The molecule has 0 aromatic heterocycles. The largest absolute Gasteiger partial charge is 0.192 e. The Labute approximate surface area is 157 Å². The molecular weight excluding hydrogens is 316 g/mol. The Balaban J connectivity index is 2.52. The van der Waals surface area contributed by atoms with Crippen LogP contribution in [0.25, 0.3) is 11.1 Å². The maximum absolute atomic E-state index is 9.70. The lowest BCUT2D eigenvalue weighted by Crippen LogP contribution is -2.10. The van der Waals surface area contributed by atoms with Gasteiger partial charge in [0.1, 0.15) is 12.1 Å². The SMILES string of the molecule is CC(C)(C)c1ccc(/C(C#N)=C(/C#N)c2ccc(C(C)(C)C)cc2)cc1. The Bertz CT molecular complexity index is 808. The van der Waals surface area contributed by atoms with E-state index in [4.69, 9.17) is 0 Å². The van der Waals surface area contributed by atoms with Crippen LogP contribution in [0.2, 0.25) is 0 Å². The Morgan fingerprint density at radius 2 is 0.846 bits per heavy atom. The van der Waals surface area contributed by atoms with Gasteiger partial charge in [0, 0.05) is 0 Å². The third kappa shape index (κ3) is 4.22. The Kier molecular flexibility index (Phi) is 5.38. The molecule has 0 atom stereocenters. The van der Waals surface area contributed by atoms with Gasteiger partial charge < -0.3 is 0 Å². The maximum atomic E-state index is 9.70. The van der Waals surface area contributed by atoms with Crippen molar-refractivity contribution >= 4 is 11.1 Å². The normalized spacial score (nSPS) is 12.8. The van der Waals surface area contributed by atoms with Crippen LogP contribution in [-0.4, -0.2) is 0 Å². The monoisotopic (exact) mass is 342 g/mol.